The third kappa shape index (κ3) is 2.90. The number of thiazole rings is 1. The van der Waals surface area contributed by atoms with Crippen molar-refractivity contribution in [3.05, 3.63) is 34.1 Å². The fourth-order valence-corrected chi connectivity index (χ4v) is 2.02. The lowest BCUT2D eigenvalue weighted by atomic mass is 10.4. The summed E-state index contributed by atoms with van der Waals surface area (Å²) < 4.78 is 0. The van der Waals surface area contributed by atoms with Crippen LogP contribution in [0.4, 0.5) is 5.82 Å². The lowest BCUT2D eigenvalue weighted by Crippen LogP contribution is -2.21. The van der Waals surface area contributed by atoms with Crippen molar-refractivity contribution >= 4 is 28.8 Å². The Morgan fingerprint density at radius 2 is 2.31 bits per heavy atom. The van der Waals surface area contributed by atoms with Gasteiger partial charge in [-0.3, -0.25) is 4.98 Å². The van der Waals surface area contributed by atoms with Crippen molar-refractivity contribution in [2.75, 3.05) is 18.5 Å². The van der Waals surface area contributed by atoms with Crippen LogP contribution in [-0.2, 0) is 6.42 Å². The van der Waals surface area contributed by atoms with Gasteiger partial charge in [0, 0.05) is 31.6 Å². The van der Waals surface area contributed by atoms with Crippen molar-refractivity contribution in [1.82, 2.24) is 15.0 Å². The topological polar surface area (TPSA) is 41.9 Å². The van der Waals surface area contributed by atoms with Gasteiger partial charge in [-0.15, -0.1) is 11.3 Å². The summed E-state index contributed by atoms with van der Waals surface area (Å²) in [6, 6.07) is 0. The smallest absolute Gasteiger partial charge is 0.149 e. The van der Waals surface area contributed by atoms with E-state index in [9.17, 15) is 0 Å². The van der Waals surface area contributed by atoms with Crippen LogP contribution in [-0.4, -0.2) is 28.5 Å². The first kappa shape index (κ1) is 11.3. The molecule has 0 aliphatic carbocycles. The second-order valence-corrected chi connectivity index (χ2v) is 4.66. The van der Waals surface area contributed by atoms with Gasteiger partial charge in [0.25, 0.3) is 0 Å². The van der Waals surface area contributed by atoms with E-state index < -0.39 is 0 Å². The molecule has 0 aliphatic heterocycles. The van der Waals surface area contributed by atoms with Crippen molar-refractivity contribution in [1.29, 1.82) is 0 Å². The minimum Gasteiger partial charge on any atom is -0.358 e. The van der Waals surface area contributed by atoms with Crippen molar-refractivity contribution in [2.24, 2.45) is 0 Å². The molecule has 0 unspecified atom stereocenters. The lowest BCUT2D eigenvalue weighted by molar-refractivity contribution is 0.849. The fraction of sp³-hybridized carbons (Fsp3) is 0.300. The Bertz CT molecular complexity index is 446. The second kappa shape index (κ2) is 5.23. The molecule has 16 heavy (non-hydrogen) atoms. The van der Waals surface area contributed by atoms with Gasteiger partial charge in [-0.25, -0.2) is 9.97 Å². The molecule has 0 atom stereocenters. The minimum atomic E-state index is 0.415. The Balaban J connectivity index is 1.95. The van der Waals surface area contributed by atoms with Gasteiger partial charge >= 0.3 is 0 Å². The zero-order valence-corrected chi connectivity index (χ0v) is 10.4. The van der Waals surface area contributed by atoms with Gasteiger partial charge in [-0.1, -0.05) is 11.6 Å². The Labute approximate surface area is 103 Å². The van der Waals surface area contributed by atoms with E-state index in [2.05, 4.69) is 15.0 Å². The zero-order valence-electron chi connectivity index (χ0n) is 8.80. The highest BCUT2D eigenvalue weighted by molar-refractivity contribution is 7.09. The third-order valence-corrected chi connectivity index (χ3v) is 3.15. The lowest BCUT2D eigenvalue weighted by Gasteiger charge is -2.16. The summed E-state index contributed by atoms with van der Waals surface area (Å²) in [5.41, 5.74) is 0. The standard InChI is InChI=1S/C10H11ClN4S/c1-15(4-2-10-13-3-5-16-10)9-7-12-6-8(11)14-9/h3,5-7H,2,4H2,1H3. The number of rotatable bonds is 4. The molecule has 0 N–H and O–H groups in total. The molecule has 0 aromatic carbocycles. The van der Waals surface area contributed by atoms with Gasteiger partial charge < -0.3 is 4.90 Å². The summed E-state index contributed by atoms with van der Waals surface area (Å²) in [6.45, 7) is 0.850. The quantitative estimate of drug-likeness (QED) is 0.839. The van der Waals surface area contributed by atoms with E-state index in [1.807, 2.05) is 23.5 Å². The summed E-state index contributed by atoms with van der Waals surface area (Å²) in [4.78, 5) is 14.4. The van der Waals surface area contributed by atoms with Crippen molar-refractivity contribution in [2.45, 2.75) is 6.42 Å². The van der Waals surface area contributed by atoms with E-state index in [0.29, 0.717) is 5.15 Å². The first-order chi connectivity index (χ1) is 7.75. The maximum Gasteiger partial charge on any atom is 0.149 e. The fourth-order valence-electron chi connectivity index (χ4n) is 1.27. The molecule has 2 heterocycles. The number of likely N-dealkylation sites (N-methyl/N-ethyl adjacent to an activating group) is 1. The highest BCUT2D eigenvalue weighted by Crippen LogP contribution is 2.12. The van der Waals surface area contributed by atoms with E-state index in [1.54, 1.807) is 17.5 Å². The molecule has 2 rings (SSSR count). The first-order valence-electron chi connectivity index (χ1n) is 4.83. The number of hydrogen-bond acceptors (Lipinski definition) is 5. The largest absolute Gasteiger partial charge is 0.358 e. The van der Waals surface area contributed by atoms with Crippen LogP contribution in [0.3, 0.4) is 0 Å². The predicted molar refractivity (Wildman–Crippen MR) is 66.1 cm³/mol. The molecule has 6 heteroatoms. The van der Waals surface area contributed by atoms with Gasteiger partial charge in [-0.2, -0.15) is 0 Å². The van der Waals surface area contributed by atoms with Crippen LogP contribution in [0.25, 0.3) is 0 Å². The van der Waals surface area contributed by atoms with Crippen LogP contribution in [0.15, 0.2) is 24.0 Å². The predicted octanol–water partition coefficient (Wildman–Crippen LogP) is 2.27. The minimum absolute atomic E-state index is 0.415. The number of aromatic nitrogens is 3. The summed E-state index contributed by atoms with van der Waals surface area (Å²) in [7, 11) is 1.97. The zero-order chi connectivity index (χ0) is 11.4. The van der Waals surface area contributed by atoms with Gasteiger partial charge in [0.15, 0.2) is 0 Å². The van der Waals surface area contributed by atoms with Gasteiger partial charge in [-0.05, 0) is 0 Å². The molecule has 0 saturated carbocycles. The molecule has 0 aliphatic rings. The Hall–Kier alpha value is -1.20. The molecule has 0 spiro atoms. The maximum absolute atomic E-state index is 5.78. The van der Waals surface area contributed by atoms with E-state index in [4.69, 9.17) is 11.6 Å². The average molecular weight is 255 g/mol. The number of halogens is 1. The molecule has 0 saturated heterocycles. The van der Waals surface area contributed by atoms with Crippen molar-refractivity contribution in [3.63, 3.8) is 0 Å². The van der Waals surface area contributed by atoms with Crippen LogP contribution in [0.2, 0.25) is 5.15 Å². The highest BCUT2D eigenvalue weighted by Gasteiger charge is 2.04. The molecular formula is C10H11ClN4S. The van der Waals surface area contributed by atoms with E-state index in [0.717, 1.165) is 23.8 Å². The first-order valence-corrected chi connectivity index (χ1v) is 6.08. The number of anilines is 1. The summed E-state index contributed by atoms with van der Waals surface area (Å²) in [5, 5.41) is 3.52. The van der Waals surface area contributed by atoms with E-state index in [1.165, 1.54) is 6.20 Å². The van der Waals surface area contributed by atoms with E-state index >= 15 is 0 Å². The molecule has 2 aromatic rings. The van der Waals surface area contributed by atoms with Crippen LogP contribution in [0.5, 0.6) is 0 Å². The van der Waals surface area contributed by atoms with Crippen LogP contribution >= 0.6 is 22.9 Å². The molecule has 0 fully saturated rings. The summed E-state index contributed by atoms with van der Waals surface area (Å²) in [5.74, 6) is 0.782. The number of nitrogens with zero attached hydrogens (tertiary/aromatic N) is 4. The SMILES string of the molecule is CN(CCc1nccs1)c1cncc(Cl)n1. The summed E-state index contributed by atoms with van der Waals surface area (Å²) >= 11 is 7.44. The maximum atomic E-state index is 5.78. The normalized spacial score (nSPS) is 10.4. The molecular weight excluding hydrogens is 244 g/mol. The molecule has 0 bridgehead atoms. The van der Waals surface area contributed by atoms with Crippen molar-refractivity contribution < 1.29 is 0 Å². The monoisotopic (exact) mass is 254 g/mol. The average Bonchev–Trinajstić information content (AvgIpc) is 2.78. The van der Waals surface area contributed by atoms with Crippen LogP contribution in [0, 0.1) is 0 Å². The second-order valence-electron chi connectivity index (χ2n) is 3.30. The van der Waals surface area contributed by atoms with Gasteiger partial charge in [0.2, 0.25) is 0 Å². The van der Waals surface area contributed by atoms with E-state index in [-0.39, 0.29) is 0 Å². The molecule has 0 amide bonds. The Morgan fingerprint density at radius 3 is 3.00 bits per heavy atom. The molecule has 0 radical (unpaired) electrons. The Morgan fingerprint density at radius 1 is 1.44 bits per heavy atom. The molecule has 4 nitrogen and oxygen atoms in total. The molecule has 2 aromatic heterocycles. The number of hydrogen-bond donors (Lipinski definition) is 0. The highest BCUT2D eigenvalue weighted by atomic mass is 35.5. The van der Waals surface area contributed by atoms with Crippen LogP contribution < -0.4 is 4.90 Å². The van der Waals surface area contributed by atoms with Gasteiger partial charge in [0.1, 0.15) is 11.0 Å². The third-order valence-electron chi connectivity index (χ3n) is 2.13. The van der Waals surface area contributed by atoms with Gasteiger partial charge in [0.05, 0.1) is 17.4 Å². The molecule has 84 valence electrons. The van der Waals surface area contributed by atoms with Crippen molar-refractivity contribution in [3.8, 4) is 0 Å². The summed E-state index contributed by atoms with van der Waals surface area (Å²) in [6.07, 6.45) is 5.95. The van der Waals surface area contributed by atoms with Crippen LogP contribution in [0.1, 0.15) is 5.01 Å². The Kier molecular flexibility index (Phi) is 3.69.